The average Bonchev–Trinajstić information content (AvgIpc) is 2.52. The molecular formula is C17H19NO4S. The van der Waals surface area contributed by atoms with Gasteiger partial charge in [0.15, 0.2) is 0 Å². The first kappa shape index (κ1) is 16.9. The molecule has 0 amide bonds. The second-order valence-corrected chi connectivity index (χ2v) is 6.55. The Morgan fingerprint density at radius 1 is 1.22 bits per heavy atom. The van der Waals surface area contributed by atoms with Crippen LogP contribution >= 0.6 is 0 Å². The molecule has 1 N–H and O–H groups in total. The van der Waals surface area contributed by atoms with Gasteiger partial charge in [0.25, 0.3) is 10.0 Å². The van der Waals surface area contributed by atoms with Crippen LogP contribution in [0.25, 0.3) is 0 Å². The molecule has 2 aromatic carbocycles. The van der Waals surface area contributed by atoms with Crippen molar-refractivity contribution in [3.8, 4) is 11.5 Å². The van der Waals surface area contributed by atoms with Crippen molar-refractivity contribution >= 4 is 15.7 Å². The number of hydrogen-bond acceptors (Lipinski definition) is 4. The fourth-order valence-electron chi connectivity index (χ4n) is 2.04. The van der Waals surface area contributed by atoms with Gasteiger partial charge in [-0.1, -0.05) is 18.7 Å². The van der Waals surface area contributed by atoms with Crippen LogP contribution in [0.4, 0.5) is 5.69 Å². The Morgan fingerprint density at radius 2 is 2.00 bits per heavy atom. The van der Waals surface area contributed by atoms with Gasteiger partial charge < -0.3 is 9.47 Å². The van der Waals surface area contributed by atoms with Gasteiger partial charge in [-0.3, -0.25) is 4.72 Å². The lowest BCUT2D eigenvalue weighted by Gasteiger charge is -2.11. The molecule has 0 aliphatic heterocycles. The predicted octanol–water partition coefficient (Wildman–Crippen LogP) is 3.37. The number of methoxy groups -OCH3 is 1. The van der Waals surface area contributed by atoms with Crippen LogP contribution < -0.4 is 14.2 Å². The van der Waals surface area contributed by atoms with Crippen LogP contribution in [0, 0.1) is 6.92 Å². The molecule has 0 spiro atoms. The zero-order valence-corrected chi connectivity index (χ0v) is 13.9. The van der Waals surface area contributed by atoms with E-state index in [1.54, 1.807) is 56.5 Å². The van der Waals surface area contributed by atoms with Gasteiger partial charge in [0.1, 0.15) is 18.1 Å². The molecule has 0 aromatic heterocycles. The molecule has 0 fully saturated rings. The highest BCUT2D eigenvalue weighted by Crippen LogP contribution is 2.24. The van der Waals surface area contributed by atoms with Gasteiger partial charge in [0.2, 0.25) is 0 Å². The number of anilines is 1. The zero-order chi connectivity index (χ0) is 16.9. The van der Waals surface area contributed by atoms with Crippen molar-refractivity contribution in [2.75, 3.05) is 18.4 Å². The largest absolute Gasteiger partial charge is 0.496 e. The Kier molecular flexibility index (Phi) is 5.28. The highest BCUT2D eigenvalue weighted by atomic mass is 32.2. The summed E-state index contributed by atoms with van der Waals surface area (Å²) in [6, 6.07) is 11.5. The third-order valence-corrected chi connectivity index (χ3v) is 4.51. The first-order chi connectivity index (χ1) is 11.0. The summed E-state index contributed by atoms with van der Waals surface area (Å²) in [5, 5.41) is 0. The Hall–Kier alpha value is -2.47. The summed E-state index contributed by atoms with van der Waals surface area (Å²) in [5.74, 6) is 1.21. The van der Waals surface area contributed by atoms with Crippen molar-refractivity contribution in [2.24, 2.45) is 0 Å². The van der Waals surface area contributed by atoms with Crippen molar-refractivity contribution < 1.29 is 17.9 Å². The van der Waals surface area contributed by atoms with Gasteiger partial charge in [0.05, 0.1) is 17.7 Å². The van der Waals surface area contributed by atoms with Crippen LogP contribution in [-0.2, 0) is 10.0 Å². The van der Waals surface area contributed by atoms with E-state index in [9.17, 15) is 8.42 Å². The highest BCUT2D eigenvalue weighted by Gasteiger charge is 2.16. The molecular weight excluding hydrogens is 314 g/mol. The second kappa shape index (κ2) is 7.19. The molecule has 0 aliphatic carbocycles. The molecule has 2 aromatic rings. The molecule has 122 valence electrons. The van der Waals surface area contributed by atoms with Gasteiger partial charge in [-0.05, 0) is 42.8 Å². The predicted molar refractivity (Wildman–Crippen MR) is 90.7 cm³/mol. The maximum atomic E-state index is 12.5. The van der Waals surface area contributed by atoms with E-state index in [2.05, 4.69) is 11.3 Å². The van der Waals surface area contributed by atoms with Crippen molar-refractivity contribution in [2.45, 2.75) is 11.8 Å². The number of sulfonamides is 1. The van der Waals surface area contributed by atoms with Gasteiger partial charge in [0, 0.05) is 6.07 Å². The standard InChI is InChI=1S/C17H19NO4S/c1-4-10-22-15-7-5-6-14(12-15)18-23(19,20)16-8-9-17(21-3)13(2)11-16/h4-9,11-12,18H,1,10H2,2-3H3. The number of nitrogens with one attached hydrogen (secondary N) is 1. The summed E-state index contributed by atoms with van der Waals surface area (Å²) >= 11 is 0. The van der Waals surface area contributed by atoms with Crippen LogP contribution in [0.5, 0.6) is 11.5 Å². The Bertz CT molecular complexity index is 800. The van der Waals surface area contributed by atoms with Crippen LogP contribution in [0.2, 0.25) is 0 Å². The third-order valence-electron chi connectivity index (χ3n) is 3.13. The minimum Gasteiger partial charge on any atom is -0.496 e. The van der Waals surface area contributed by atoms with E-state index in [0.717, 1.165) is 5.56 Å². The maximum Gasteiger partial charge on any atom is 0.261 e. The molecule has 2 rings (SSSR count). The first-order valence-electron chi connectivity index (χ1n) is 6.97. The molecule has 0 unspecified atom stereocenters. The first-order valence-corrected chi connectivity index (χ1v) is 8.46. The average molecular weight is 333 g/mol. The number of aryl methyl sites for hydroxylation is 1. The van der Waals surface area contributed by atoms with Crippen molar-refractivity contribution in [3.05, 3.63) is 60.7 Å². The smallest absolute Gasteiger partial charge is 0.261 e. The highest BCUT2D eigenvalue weighted by molar-refractivity contribution is 7.92. The molecule has 0 saturated heterocycles. The van der Waals surface area contributed by atoms with Gasteiger partial charge in [-0.2, -0.15) is 0 Å². The number of hydrogen-bond donors (Lipinski definition) is 1. The van der Waals surface area contributed by atoms with Crippen LogP contribution in [0.15, 0.2) is 60.0 Å². The lowest BCUT2D eigenvalue weighted by molar-refractivity contribution is 0.363. The fraction of sp³-hybridized carbons (Fsp3) is 0.176. The van der Waals surface area contributed by atoms with Crippen molar-refractivity contribution in [3.63, 3.8) is 0 Å². The topological polar surface area (TPSA) is 64.6 Å². The maximum absolute atomic E-state index is 12.5. The fourth-order valence-corrected chi connectivity index (χ4v) is 3.17. The molecule has 0 atom stereocenters. The quantitative estimate of drug-likeness (QED) is 0.789. The van der Waals surface area contributed by atoms with E-state index in [4.69, 9.17) is 9.47 Å². The minimum atomic E-state index is -3.68. The van der Waals surface area contributed by atoms with Crippen LogP contribution in [0.1, 0.15) is 5.56 Å². The molecule has 0 aliphatic rings. The monoisotopic (exact) mass is 333 g/mol. The van der Waals surface area contributed by atoms with Gasteiger partial charge in [-0.15, -0.1) is 0 Å². The Balaban J connectivity index is 2.24. The molecule has 0 heterocycles. The van der Waals surface area contributed by atoms with E-state index in [1.165, 1.54) is 6.07 Å². The molecule has 0 bridgehead atoms. The molecule has 0 radical (unpaired) electrons. The second-order valence-electron chi connectivity index (χ2n) is 4.86. The third kappa shape index (κ3) is 4.26. The van der Waals surface area contributed by atoms with E-state index in [0.29, 0.717) is 23.8 Å². The summed E-state index contributed by atoms with van der Waals surface area (Å²) in [5.41, 5.74) is 1.18. The number of benzene rings is 2. The lowest BCUT2D eigenvalue weighted by Crippen LogP contribution is -2.13. The Morgan fingerprint density at radius 3 is 2.65 bits per heavy atom. The van der Waals surface area contributed by atoms with Crippen molar-refractivity contribution in [1.82, 2.24) is 0 Å². The van der Waals surface area contributed by atoms with Gasteiger partial charge in [-0.25, -0.2) is 8.42 Å². The molecule has 5 nitrogen and oxygen atoms in total. The minimum absolute atomic E-state index is 0.174. The van der Waals surface area contributed by atoms with E-state index in [1.807, 2.05) is 0 Å². The summed E-state index contributed by atoms with van der Waals surface area (Å²) in [7, 11) is -2.13. The lowest BCUT2D eigenvalue weighted by atomic mass is 10.2. The van der Waals surface area contributed by atoms with Crippen LogP contribution in [-0.4, -0.2) is 22.1 Å². The summed E-state index contributed by atoms with van der Waals surface area (Å²) in [6.45, 7) is 5.72. The number of ether oxygens (including phenoxy) is 2. The summed E-state index contributed by atoms with van der Waals surface area (Å²) in [6.07, 6.45) is 1.62. The molecule has 6 heteroatoms. The summed E-state index contributed by atoms with van der Waals surface area (Å²) < 4.78 is 38.0. The Labute approximate surface area is 136 Å². The molecule has 23 heavy (non-hydrogen) atoms. The SMILES string of the molecule is C=CCOc1cccc(NS(=O)(=O)c2ccc(OC)c(C)c2)c1. The van der Waals surface area contributed by atoms with E-state index in [-0.39, 0.29) is 4.90 Å². The zero-order valence-electron chi connectivity index (χ0n) is 13.1. The van der Waals surface area contributed by atoms with Gasteiger partial charge >= 0.3 is 0 Å². The molecule has 0 saturated carbocycles. The normalized spacial score (nSPS) is 10.9. The summed E-state index contributed by atoms with van der Waals surface area (Å²) in [4.78, 5) is 0.174. The van der Waals surface area contributed by atoms with Crippen molar-refractivity contribution in [1.29, 1.82) is 0 Å². The number of rotatable bonds is 7. The van der Waals surface area contributed by atoms with E-state index >= 15 is 0 Å². The van der Waals surface area contributed by atoms with E-state index < -0.39 is 10.0 Å². The van der Waals surface area contributed by atoms with Crippen LogP contribution in [0.3, 0.4) is 0 Å².